The quantitative estimate of drug-likeness (QED) is 0.512. The van der Waals surface area contributed by atoms with Crippen molar-refractivity contribution >= 4 is 11.5 Å². The van der Waals surface area contributed by atoms with E-state index in [1.54, 1.807) is 12.1 Å². The van der Waals surface area contributed by atoms with Crippen molar-refractivity contribution in [1.82, 2.24) is 0 Å². The minimum Gasteiger partial charge on any atom is -0.423 e. The SMILES string of the molecule is O=C(Oc1ccc(C2=CCCCC2)cc1)c1ccc(C(F)(F)F)cc1. The van der Waals surface area contributed by atoms with Crippen molar-refractivity contribution in [3.05, 3.63) is 71.3 Å². The molecule has 0 aliphatic heterocycles. The predicted molar refractivity (Wildman–Crippen MR) is 89.3 cm³/mol. The highest BCUT2D eigenvalue weighted by molar-refractivity contribution is 5.91. The maximum absolute atomic E-state index is 12.5. The molecule has 0 saturated carbocycles. The van der Waals surface area contributed by atoms with Crippen LogP contribution in [-0.4, -0.2) is 5.97 Å². The first-order chi connectivity index (χ1) is 11.9. The molecular weight excluding hydrogens is 329 g/mol. The van der Waals surface area contributed by atoms with Gasteiger partial charge in [0.15, 0.2) is 0 Å². The van der Waals surface area contributed by atoms with Crippen LogP contribution in [0.5, 0.6) is 5.75 Å². The van der Waals surface area contributed by atoms with Crippen LogP contribution in [0.15, 0.2) is 54.6 Å². The van der Waals surface area contributed by atoms with Gasteiger partial charge < -0.3 is 4.74 Å². The number of allylic oxidation sites excluding steroid dienone is 2. The lowest BCUT2D eigenvalue weighted by molar-refractivity contribution is -0.137. The number of rotatable bonds is 3. The minimum absolute atomic E-state index is 0.0760. The van der Waals surface area contributed by atoms with E-state index in [1.165, 1.54) is 18.4 Å². The third kappa shape index (κ3) is 4.29. The van der Waals surface area contributed by atoms with Gasteiger partial charge >= 0.3 is 12.1 Å². The van der Waals surface area contributed by atoms with Crippen molar-refractivity contribution in [3.8, 4) is 5.75 Å². The normalized spacial score (nSPS) is 14.8. The van der Waals surface area contributed by atoms with Gasteiger partial charge in [0.1, 0.15) is 5.75 Å². The second kappa shape index (κ2) is 7.13. The molecule has 0 amide bonds. The molecule has 1 aliphatic rings. The highest BCUT2D eigenvalue weighted by Gasteiger charge is 2.30. The molecular formula is C20H17F3O2. The lowest BCUT2D eigenvalue weighted by Crippen LogP contribution is -2.10. The molecule has 0 atom stereocenters. The van der Waals surface area contributed by atoms with Crippen molar-refractivity contribution in [1.29, 1.82) is 0 Å². The Bertz CT molecular complexity index is 772. The number of esters is 1. The Morgan fingerprint density at radius 1 is 0.920 bits per heavy atom. The van der Waals surface area contributed by atoms with Gasteiger partial charge in [-0.25, -0.2) is 4.79 Å². The first-order valence-corrected chi connectivity index (χ1v) is 8.12. The molecule has 0 fully saturated rings. The number of alkyl halides is 3. The number of hydrogen-bond donors (Lipinski definition) is 0. The summed E-state index contributed by atoms with van der Waals surface area (Å²) in [4.78, 5) is 12.0. The van der Waals surface area contributed by atoms with Crippen LogP contribution in [0.2, 0.25) is 0 Å². The molecule has 5 heteroatoms. The fourth-order valence-electron chi connectivity index (χ4n) is 2.80. The Kier molecular flexibility index (Phi) is 4.93. The summed E-state index contributed by atoms with van der Waals surface area (Å²) in [5.41, 5.74) is 1.68. The van der Waals surface area contributed by atoms with Crippen LogP contribution in [0.1, 0.15) is 47.2 Å². The van der Waals surface area contributed by atoms with Gasteiger partial charge in [-0.2, -0.15) is 13.2 Å². The molecule has 0 radical (unpaired) electrons. The summed E-state index contributed by atoms with van der Waals surface area (Å²) in [6, 6.07) is 11.2. The highest BCUT2D eigenvalue weighted by atomic mass is 19.4. The summed E-state index contributed by atoms with van der Waals surface area (Å²) in [6.45, 7) is 0. The van der Waals surface area contributed by atoms with Crippen LogP contribution in [0.3, 0.4) is 0 Å². The van der Waals surface area contributed by atoms with Gasteiger partial charge in [-0.15, -0.1) is 0 Å². The molecule has 0 bridgehead atoms. The summed E-state index contributed by atoms with van der Waals surface area (Å²) >= 11 is 0. The Hall–Kier alpha value is -2.56. The zero-order chi connectivity index (χ0) is 17.9. The molecule has 0 heterocycles. The maximum Gasteiger partial charge on any atom is 0.416 e. The third-order valence-corrected chi connectivity index (χ3v) is 4.17. The molecule has 0 aromatic heterocycles. The molecule has 1 aliphatic carbocycles. The van der Waals surface area contributed by atoms with E-state index in [0.29, 0.717) is 5.75 Å². The van der Waals surface area contributed by atoms with Crippen LogP contribution in [-0.2, 0) is 6.18 Å². The van der Waals surface area contributed by atoms with Crippen molar-refractivity contribution in [2.24, 2.45) is 0 Å². The standard InChI is InChI=1S/C20H17F3O2/c21-20(22,23)17-10-6-16(7-11-17)19(24)25-18-12-8-15(9-13-18)14-4-2-1-3-5-14/h4,6-13H,1-3,5H2. The molecule has 0 unspecified atom stereocenters. The van der Waals surface area contributed by atoms with E-state index in [0.717, 1.165) is 42.7 Å². The Morgan fingerprint density at radius 3 is 2.16 bits per heavy atom. The lowest BCUT2D eigenvalue weighted by atomic mass is 9.94. The summed E-state index contributed by atoms with van der Waals surface area (Å²) in [7, 11) is 0. The molecule has 25 heavy (non-hydrogen) atoms. The summed E-state index contributed by atoms with van der Waals surface area (Å²) in [5.74, 6) is -0.316. The molecule has 0 spiro atoms. The first kappa shape index (κ1) is 17.3. The van der Waals surface area contributed by atoms with E-state index in [2.05, 4.69) is 6.08 Å². The number of benzene rings is 2. The van der Waals surface area contributed by atoms with E-state index in [1.807, 2.05) is 12.1 Å². The fourth-order valence-corrected chi connectivity index (χ4v) is 2.80. The second-order valence-electron chi connectivity index (χ2n) is 5.96. The van der Waals surface area contributed by atoms with Crippen LogP contribution >= 0.6 is 0 Å². The summed E-state index contributed by atoms with van der Waals surface area (Å²) in [6.07, 6.45) is 2.33. The Labute approximate surface area is 143 Å². The van der Waals surface area contributed by atoms with Crippen molar-refractivity contribution < 1.29 is 22.7 Å². The molecule has 2 nitrogen and oxygen atoms in total. The average Bonchev–Trinajstić information content (AvgIpc) is 2.62. The smallest absolute Gasteiger partial charge is 0.416 e. The highest BCUT2D eigenvalue weighted by Crippen LogP contribution is 2.30. The second-order valence-corrected chi connectivity index (χ2v) is 5.96. The van der Waals surface area contributed by atoms with E-state index < -0.39 is 17.7 Å². The van der Waals surface area contributed by atoms with E-state index >= 15 is 0 Å². The monoisotopic (exact) mass is 346 g/mol. The lowest BCUT2D eigenvalue weighted by Gasteiger charge is -2.13. The zero-order valence-electron chi connectivity index (χ0n) is 13.5. The molecule has 0 saturated heterocycles. The molecule has 2 aromatic rings. The van der Waals surface area contributed by atoms with E-state index in [-0.39, 0.29) is 5.56 Å². The van der Waals surface area contributed by atoms with Gasteiger partial charge in [0.2, 0.25) is 0 Å². The first-order valence-electron chi connectivity index (χ1n) is 8.12. The number of carbonyl (C=O) groups excluding carboxylic acids is 1. The van der Waals surface area contributed by atoms with Crippen LogP contribution < -0.4 is 4.74 Å². The predicted octanol–water partition coefficient (Wildman–Crippen LogP) is 5.88. The summed E-state index contributed by atoms with van der Waals surface area (Å²) in [5, 5.41) is 0. The average molecular weight is 346 g/mol. The van der Waals surface area contributed by atoms with Gasteiger partial charge in [-0.05, 0) is 73.2 Å². The topological polar surface area (TPSA) is 26.3 Å². The van der Waals surface area contributed by atoms with E-state index in [4.69, 9.17) is 4.74 Å². The van der Waals surface area contributed by atoms with Gasteiger partial charge in [0.25, 0.3) is 0 Å². The fraction of sp³-hybridized carbons (Fsp3) is 0.250. The number of halogens is 3. The summed E-state index contributed by atoms with van der Waals surface area (Å²) < 4.78 is 42.8. The zero-order valence-corrected chi connectivity index (χ0v) is 13.5. The van der Waals surface area contributed by atoms with Crippen molar-refractivity contribution in [2.45, 2.75) is 31.9 Å². The van der Waals surface area contributed by atoms with Crippen LogP contribution in [0.4, 0.5) is 13.2 Å². The third-order valence-electron chi connectivity index (χ3n) is 4.17. The number of ether oxygens (including phenoxy) is 1. The van der Waals surface area contributed by atoms with Gasteiger partial charge in [-0.1, -0.05) is 18.2 Å². The number of carbonyl (C=O) groups is 1. The molecule has 2 aromatic carbocycles. The van der Waals surface area contributed by atoms with Crippen molar-refractivity contribution in [3.63, 3.8) is 0 Å². The maximum atomic E-state index is 12.5. The van der Waals surface area contributed by atoms with Gasteiger partial charge in [-0.3, -0.25) is 0 Å². The van der Waals surface area contributed by atoms with E-state index in [9.17, 15) is 18.0 Å². The minimum atomic E-state index is -4.42. The van der Waals surface area contributed by atoms with Gasteiger partial charge in [0.05, 0.1) is 11.1 Å². The number of hydrogen-bond acceptors (Lipinski definition) is 2. The molecule has 0 N–H and O–H groups in total. The van der Waals surface area contributed by atoms with Gasteiger partial charge in [0, 0.05) is 0 Å². The Balaban J connectivity index is 1.67. The van der Waals surface area contributed by atoms with Crippen LogP contribution in [0, 0.1) is 0 Å². The largest absolute Gasteiger partial charge is 0.423 e. The molecule has 130 valence electrons. The van der Waals surface area contributed by atoms with Crippen LogP contribution in [0.25, 0.3) is 5.57 Å². The van der Waals surface area contributed by atoms with Crippen molar-refractivity contribution in [2.75, 3.05) is 0 Å². The molecule has 3 rings (SSSR count). The Morgan fingerprint density at radius 2 is 1.60 bits per heavy atom.